The fourth-order valence-electron chi connectivity index (χ4n) is 0.852. The zero-order valence-electron chi connectivity index (χ0n) is 7.25. The van der Waals surface area contributed by atoms with Crippen LogP contribution >= 0.6 is 0 Å². The minimum Gasteiger partial charge on any atom is -0.248 e. The van der Waals surface area contributed by atoms with Crippen molar-refractivity contribution >= 4 is 0 Å². The number of alkyl halides is 2. The molecular weight excluding hydrogens is 164 g/mol. The first-order valence-electron chi connectivity index (χ1n) is 3.71. The second kappa shape index (κ2) is 3.16. The van der Waals surface area contributed by atoms with E-state index in [0.717, 1.165) is 4.68 Å². The van der Waals surface area contributed by atoms with Gasteiger partial charge in [-0.25, -0.2) is 18.4 Å². The largest absolute Gasteiger partial charge is 0.297 e. The fraction of sp³-hybridized carbons (Fsp3) is 0.714. The third-order valence-electron chi connectivity index (χ3n) is 1.52. The third kappa shape index (κ3) is 1.60. The Labute approximate surface area is 69.4 Å². The Morgan fingerprint density at radius 1 is 1.33 bits per heavy atom. The van der Waals surface area contributed by atoms with Gasteiger partial charge in [0.05, 0.1) is 0 Å². The molecule has 68 valence electrons. The second-order valence-corrected chi connectivity index (χ2v) is 2.91. The molecule has 0 saturated carbocycles. The molecule has 0 amide bonds. The molecule has 0 N–H and O–H groups in total. The highest BCUT2D eigenvalue weighted by Gasteiger charge is 2.17. The molecule has 0 aromatic carbocycles. The molecule has 0 aliphatic heterocycles. The fourth-order valence-corrected chi connectivity index (χ4v) is 0.852. The maximum Gasteiger partial charge on any atom is 0.297 e. The number of nitrogens with zero attached hydrogens (tertiary/aromatic N) is 3. The van der Waals surface area contributed by atoms with Gasteiger partial charge in [0.1, 0.15) is 0 Å². The van der Waals surface area contributed by atoms with Gasteiger partial charge in [-0.3, -0.25) is 0 Å². The van der Waals surface area contributed by atoms with E-state index in [-0.39, 0.29) is 11.7 Å². The molecule has 0 aliphatic carbocycles. The summed E-state index contributed by atoms with van der Waals surface area (Å²) in [6.07, 6.45) is -2.55. The summed E-state index contributed by atoms with van der Waals surface area (Å²) >= 11 is 0. The van der Waals surface area contributed by atoms with E-state index in [1.54, 1.807) is 0 Å². The van der Waals surface area contributed by atoms with E-state index in [9.17, 15) is 8.78 Å². The van der Waals surface area contributed by atoms with E-state index < -0.39 is 6.43 Å². The van der Waals surface area contributed by atoms with E-state index in [4.69, 9.17) is 0 Å². The lowest BCUT2D eigenvalue weighted by Gasteiger charge is -1.94. The van der Waals surface area contributed by atoms with Crippen LogP contribution in [0.2, 0.25) is 0 Å². The first kappa shape index (κ1) is 9.09. The van der Waals surface area contributed by atoms with Gasteiger partial charge in [-0.05, 0) is 0 Å². The van der Waals surface area contributed by atoms with Gasteiger partial charge in [-0.15, -0.1) is 0 Å². The molecule has 1 aromatic rings. The van der Waals surface area contributed by atoms with E-state index in [1.807, 2.05) is 13.8 Å². The maximum absolute atomic E-state index is 12.2. The summed E-state index contributed by atoms with van der Waals surface area (Å²) in [5.74, 6) is 0.287. The van der Waals surface area contributed by atoms with Gasteiger partial charge in [0, 0.05) is 13.0 Å². The molecule has 0 unspecified atom stereocenters. The highest BCUT2D eigenvalue weighted by molar-refractivity contribution is 4.97. The Balaban J connectivity index is 3.00. The molecule has 12 heavy (non-hydrogen) atoms. The van der Waals surface area contributed by atoms with Crippen molar-refractivity contribution in [1.82, 2.24) is 14.8 Å². The lowest BCUT2D eigenvalue weighted by molar-refractivity contribution is 0.135. The van der Waals surface area contributed by atoms with Crippen molar-refractivity contribution in [3.63, 3.8) is 0 Å². The summed E-state index contributed by atoms with van der Waals surface area (Å²) in [7, 11) is 1.47. The molecule has 0 fully saturated rings. The van der Waals surface area contributed by atoms with Gasteiger partial charge in [-0.2, -0.15) is 5.10 Å². The van der Waals surface area contributed by atoms with E-state index in [0.29, 0.717) is 5.82 Å². The van der Waals surface area contributed by atoms with Crippen LogP contribution in [0.25, 0.3) is 0 Å². The Bertz CT molecular complexity index is 268. The van der Waals surface area contributed by atoms with Crippen LogP contribution in [-0.4, -0.2) is 14.8 Å². The van der Waals surface area contributed by atoms with Crippen LogP contribution in [0.5, 0.6) is 0 Å². The summed E-state index contributed by atoms with van der Waals surface area (Å²) in [6, 6.07) is 0. The number of rotatable bonds is 2. The molecule has 0 spiro atoms. The molecule has 5 heteroatoms. The average molecular weight is 175 g/mol. The average Bonchev–Trinajstić information content (AvgIpc) is 2.30. The van der Waals surface area contributed by atoms with Crippen LogP contribution < -0.4 is 0 Å². The molecule has 0 radical (unpaired) electrons. The van der Waals surface area contributed by atoms with Gasteiger partial charge in [0.15, 0.2) is 11.6 Å². The van der Waals surface area contributed by atoms with Crippen LogP contribution in [0.15, 0.2) is 0 Å². The summed E-state index contributed by atoms with van der Waals surface area (Å²) in [6.45, 7) is 3.73. The van der Waals surface area contributed by atoms with E-state index in [2.05, 4.69) is 10.1 Å². The van der Waals surface area contributed by atoms with Crippen molar-refractivity contribution in [3.8, 4) is 0 Å². The SMILES string of the molecule is CC(C)c1nc(C(F)F)n(C)n1. The van der Waals surface area contributed by atoms with Crippen LogP contribution in [0.3, 0.4) is 0 Å². The number of hydrogen-bond acceptors (Lipinski definition) is 2. The molecule has 0 saturated heterocycles. The molecule has 0 aliphatic rings. The molecule has 0 bridgehead atoms. The Hall–Kier alpha value is -1.00. The molecule has 3 nitrogen and oxygen atoms in total. The predicted molar refractivity (Wildman–Crippen MR) is 40.0 cm³/mol. The van der Waals surface area contributed by atoms with Gasteiger partial charge in [-0.1, -0.05) is 13.8 Å². The molecule has 1 rings (SSSR count). The Kier molecular flexibility index (Phi) is 2.40. The van der Waals surface area contributed by atoms with Crippen LogP contribution in [0.1, 0.15) is 37.8 Å². The zero-order valence-corrected chi connectivity index (χ0v) is 7.25. The van der Waals surface area contributed by atoms with Crippen molar-refractivity contribution in [3.05, 3.63) is 11.6 Å². The van der Waals surface area contributed by atoms with Crippen molar-refractivity contribution in [2.75, 3.05) is 0 Å². The van der Waals surface area contributed by atoms with Crippen molar-refractivity contribution in [1.29, 1.82) is 0 Å². The third-order valence-corrected chi connectivity index (χ3v) is 1.52. The quantitative estimate of drug-likeness (QED) is 0.687. The zero-order chi connectivity index (χ0) is 9.30. The number of aromatic nitrogens is 3. The predicted octanol–water partition coefficient (Wildman–Crippen LogP) is 1.88. The molecule has 1 heterocycles. The van der Waals surface area contributed by atoms with Crippen LogP contribution in [0.4, 0.5) is 8.78 Å². The van der Waals surface area contributed by atoms with Gasteiger partial charge >= 0.3 is 0 Å². The van der Waals surface area contributed by atoms with E-state index in [1.165, 1.54) is 7.05 Å². The van der Waals surface area contributed by atoms with Gasteiger partial charge < -0.3 is 0 Å². The maximum atomic E-state index is 12.2. The number of halogens is 2. The summed E-state index contributed by atoms with van der Waals surface area (Å²) < 4.78 is 25.5. The number of hydrogen-bond donors (Lipinski definition) is 0. The standard InChI is InChI=1S/C7H11F2N3/c1-4(2)6-10-7(5(8)9)12(3)11-6/h4-5H,1-3H3. The van der Waals surface area contributed by atoms with Crippen LogP contribution in [0, 0.1) is 0 Å². The summed E-state index contributed by atoms with van der Waals surface area (Å²) in [5.41, 5.74) is 0. The highest BCUT2D eigenvalue weighted by atomic mass is 19.3. The minimum absolute atomic E-state index is 0.0868. The molecule has 1 aromatic heterocycles. The summed E-state index contributed by atoms with van der Waals surface area (Å²) in [4.78, 5) is 3.71. The summed E-state index contributed by atoms with van der Waals surface area (Å²) in [5, 5.41) is 3.86. The molecular formula is C7H11F2N3. The first-order valence-corrected chi connectivity index (χ1v) is 3.71. The Morgan fingerprint density at radius 3 is 2.17 bits per heavy atom. The first-order chi connectivity index (χ1) is 5.52. The van der Waals surface area contributed by atoms with E-state index >= 15 is 0 Å². The second-order valence-electron chi connectivity index (χ2n) is 2.91. The van der Waals surface area contributed by atoms with Crippen molar-refractivity contribution < 1.29 is 8.78 Å². The molecule has 0 atom stereocenters. The van der Waals surface area contributed by atoms with Gasteiger partial charge in [0.2, 0.25) is 0 Å². The monoisotopic (exact) mass is 175 g/mol. The number of aryl methyl sites for hydroxylation is 1. The smallest absolute Gasteiger partial charge is 0.248 e. The topological polar surface area (TPSA) is 30.7 Å². The lowest BCUT2D eigenvalue weighted by atomic mass is 10.2. The van der Waals surface area contributed by atoms with Crippen molar-refractivity contribution in [2.24, 2.45) is 7.05 Å². The highest BCUT2D eigenvalue weighted by Crippen LogP contribution is 2.18. The minimum atomic E-state index is -2.55. The van der Waals surface area contributed by atoms with Gasteiger partial charge in [0.25, 0.3) is 6.43 Å². The Morgan fingerprint density at radius 2 is 1.92 bits per heavy atom. The van der Waals surface area contributed by atoms with Crippen molar-refractivity contribution in [2.45, 2.75) is 26.2 Å². The lowest BCUT2D eigenvalue weighted by Crippen LogP contribution is -1.99. The van der Waals surface area contributed by atoms with Crippen LogP contribution in [-0.2, 0) is 7.05 Å². The normalized spacial score (nSPS) is 11.6.